The molecule has 0 atom stereocenters. The lowest BCUT2D eigenvalue weighted by Gasteiger charge is -2.37. The molecule has 0 radical (unpaired) electrons. The number of likely N-dealkylation sites (N-methyl/N-ethyl adjacent to an activating group) is 1. The van der Waals surface area contributed by atoms with Crippen molar-refractivity contribution in [2.24, 2.45) is 0 Å². The fraction of sp³-hybridized carbons (Fsp3) is 0.458. The summed E-state index contributed by atoms with van der Waals surface area (Å²) in [6.07, 6.45) is 2.00. The van der Waals surface area contributed by atoms with Crippen molar-refractivity contribution in [2.75, 3.05) is 33.3 Å². The van der Waals surface area contributed by atoms with Crippen LogP contribution in [0.15, 0.2) is 42.5 Å². The van der Waals surface area contributed by atoms with Gasteiger partial charge in [0.25, 0.3) is 0 Å². The van der Waals surface area contributed by atoms with Crippen LogP contribution in [0.2, 0.25) is 0 Å². The van der Waals surface area contributed by atoms with Gasteiger partial charge in [0.15, 0.2) is 0 Å². The van der Waals surface area contributed by atoms with Crippen molar-refractivity contribution >= 4 is 5.97 Å². The van der Waals surface area contributed by atoms with E-state index in [0.717, 1.165) is 44.8 Å². The third-order valence-corrected chi connectivity index (χ3v) is 5.95. The topological polar surface area (TPSA) is 53.0 Å². The molecule has 3 rings (SSSR count). The first-order valence-electron chi connectivity index (χ1n) is 10.4. The Balaban J connectivity index is 1.70. The summed E-state index contributed by atoms with van der Waals surface area (Å²) in [5.41, 5.74) is 4.93. The highest BCUT2D eigenvalue weighted by molar-refractivity contribution is 5.69. The molecule has 1 aliphatic rings. The molecule has 29 heavy (non-hydrogen) atoms. The Bertz CT molecular complexity index is 829. The average molecular weight is 397 g/mol. The lowest BCUT2D eigenvalue weighted by atomic mass is 9.97. The van der Waals surface area contributed by atoms with Crippen LogP contribution in [-0.2, 0) is 11.3 Å². The molecular weight excluding hydrogens is 364 g/mol. The van der Waals surface area contributed by atoms with Gasteiger partial charge in [-0.25, -0.2) is 0 Å². The number of aryl methyl sites for hydroxylation is 1. The van der Waals surface area contributed by atoms with E-state index in [4.69, 9.17) is 9.84 Å². The Morgan fingerprint density at radius 2 is 1.93 bits per heavy atom. The van der Waals surface area contributed by atoms with Gasteiger partial charge in [-0.3, -0.25) is 14.6 Å². The van der Waals surface area contributed by atoms with Crippen LogP contribution in [0, 0.1) is 6.92 Å². The van der Waals surface area contributed by atoms with Gasteiger partial charge in [0.2, 0.25) is 0 Å². The van der Waals surface area contributed by atoms with Gasteiger partial charge in [-0.1, -0.05) is 37.3 Å². The van der Waals surface area contributed by atoms with Crippen LogP contribution < -0.4 is 4.74 Å². The number of aliphatic carboxylic acids is 1. The van der Waals surface area contributed by atoms with Crippen molar-refractivity contribution in [3.05, 3.63) is 53.6 Å². The number of piperidine rings is 1. The third kappa shape index (κ3) is 5.37. The van der Waals surface area contributed by atoms with E-state index in [0.29, 0.717) is 6.04 Å². The van der Waals surface area contributed by atoms with E-state index in [1.165, 1.54) is 22.3 Å². The normalized spacial score (nSPS) is 15.6. The second kappa shape index (κ2) is 9.90. The Morgan fingerprint density at radius 1 is 1.21 bits per heavy atom. The molecule has 1 fully saturated rings. The number of likely N-dealkylation sites (tertiary alicyclic amines) is 1. The minimum Gasteiger partial charge on any atom is -0.496 e. The second-order valence-electron chi connectivity index (χ2n) is 7.81. The Hall–Kier alpha value is -2.37. The smallest absolute Gasteiger partial charge is 0.317 e. The van der Waals surface area contributed by atoms with Crippen molar-refractivity contribution in [2.45, 2.75) is 39.3 Å². The molecule has 0 amide bonds. The summed E-state index contributed by atoms with van der Waals surface area (Å²) in [6, 6.07) is 15.2. The highest BCUT2D eigenvalue weighted by Crippen LogP contribution is 2.30. The monoisotopic (exact) mass is 396 g/mol. The Morgan fingerprint density at radius 3 is 2.55 bits per heavy atom. The van der Waals surface area contributed by atoms with Crippen molar-refractivity contribution in [3.8, 4) is 16.9 Å². The number of methoxy groups -OCH3 is 1. The third-order valence-electron chi connectivity index (χ3n) is 5.95. The van der Waals surface area contributed by atoms with Gasteiger partial charge in [0, 0.05) is 18.2 Å². The van der Waals surface area contributed by atoms with Gasteiger partial charge in [0.05, 0.1) is 13.7 Å². The van der Waals surface area contributed by atoms with E-state index in [2.05, 4.69) is 59.2 Å². The molecule has 0 bridgehead atoms. The van der Waals surface area contributed by atoms with E-state index in [9.17, 15) is 4.79 Å². The zero-order valence-electron chi connectivity index (χ0n) is 17.7. The molecule has 0 aliphatic carbocycles. The van der Waals surface area contributed by atoms with E-state index in [1.807, 2.05) is 6.92 Å². The molecular formula is C24H32N2O3. The predicted octanol–water partition coefficient (Wildman–Crippen LogP) is 4.04. The fourth-order valence-corrected chi connectivity index (χ4v) is 4.32. The van der Waals surface area contributed by atoms with Crippen LogP contribution in [0.25, 0.3) is 11.1 Å². The van der Waals surface area contributed by atoms with Crippen LogP contribution in [0.1, 0.15) is 30.9 Å². The van der Waals surface area contributed by atoms with Gasteiger partial charge in [-0.2, -0.15) is 0 Å². The molecule has 2 aromatic rings. The van der Waals surface area contributed by atoms with Gasteiger partial charge < -0.3 is 9.84 Å². The van der Waals surface area contributed by atoms with Crippen LogP contribution in [0.5, 0.6) is 5.75 Å². The van der Waals surface area contributed by atoms with Crippen LogP contribution in [-0.4, -0.2) is 60.2 Å². The number of hydrogen-bond acceptors (Lipinski definition) is 4. The summed E-state index contributed by atoms with van der Waals surface area (Å²) in [7, 11) is 1.73. The van der Waals surface area contributed by atoms with Crippen molar-refractivity contribution < 1.29 is 14.6 Å². The van der Waals surface area contributed by atoms with Gasteiger partial charge in [-0.15, -0.1) is 0 Å². The van der Waals surface area contributed by atoms with E-state index >= 15 is 0 Å². The highest BCUT2D eigenvalue weighted by Gasteiger charge is 2.25. The number of carbonyl (C=O) groups is 1. The molecule has 0 spiro atoms. The summed E-state index contributed by atoms with van der Waals surface area (Å²) < 4.78 is 5.63. The number of hydrogen-bond donors (Lipinski definition) is 1. The standard InChI is InChI=1S/C24H32N2O3/c1-4-26(17-24(27)28)21-11-13-25(14-12-21)16-20-15-19(9-10-23(20)29-3)22-8-6-5-7-18(22)2/h5-10,15,21H,4,11-14,16-17H2,1-3H3,(H,27,28). The molecule has 1 saturated heterocycles. The lowest BCUT2D eigenvalue weighted by Crippen LogP contribution is -2.46. The van der Waals surface area contributed by atoms with E-state index in [-0.39, 0.29) is 6.54 Å². The van der Waals surface area contributed by atoms with Crippen molar-refractivity contribution in [3.63, 3.8) is 0 Å². The predicted molar refractivity (Wildman–Crippen MR) is 116 cm³/mol. The van der Waals surface area contributed by atoms with Crippen LogP contribution >= 0.6 is 0 Å². The maximum atomic E-state index is 11.1. The summed E-state index contributed by atoms with van der Waals surface area (Å²) in [5.74, 6) is 0.178. The summed E-state index contributed by atoms with van der Waals surface area (Å²) in [5, 5.41) is 9.12. The molecule has 5 nitrogen and oxygen atoms in total. The summed E-state index contributed by atoms with van der Waals surface area (Å²) >= 11 is 0. The lowest BCUT2D eigenvalue weighted by molar-refractivity contribution is -0.139. The van der Waals surface area contributed by atoms with E-state index in [1.54, 1.807) is 7.11 Å². The highest BCUT2D eigenvalue weighted by atomic mass is 16.5. The SMILES string of the molecule is CCN(CC(=O)O)C1CCN(Cc2cc(-c3ccccc3C)ccc2OC)CC1. The number of carboxylic acids is 1. The molecule has 1 aliphatic heterocycles. The van der Waals surface area contributed by atoms with E-state index < -0.39 is 5.97 Å². The number of carboxylic acid groups (broad SMARTS) is 1. The molecule has 2 aromatic carbocycles. The van der Waals surface area contributed by atoms with Crippen LogP contribution in [0.4, 0.5) is 0 Å². The van der Waals surface area contributed by atoms with Crippen LogP contribution in [0.3, 0.4) is 0 Å². The molecule has 1 N–H and O–H groups in total. The first-order chi connectivity index (χ1) is 14.0. The largest absolute Gasteiger partial charge is 0.496 e. The summed E-state index contributed by atoms with van der Waals surface area (Å²) in [6.45, 7) is 7.88. The first-order valence-corrected chi connectivity index (χ1v) is 10.4. The molecule has 0 aromatic heterocycles. The average Bonchev–Trinajstić information content (AvgIpc) is 2.73. The van der Waals surface area contributed by atoms with Crippen molar-refractivity contribution in [1.29, 1.82) is 0 Å². The maximum Gasteiger partial charge on any atom is 0.317 e. The quantitative estimate of drug-likeness (QED) is 0.730. The van der Waals surface area contributed by atoms with Crippen molar-refractivity contribution in [1.82, 2.24) is 9.80 Å². The number of nitrogens with zero attached hydrogens (tertiary/aromatic N) is 2. The molecule has 156 valence electrons. The number of rotatable bonds is 8. The number of ether oxygens (including phenoxy) is 1. The Kier molecular flexibility index (Phi) is 7.29. The number of benzene rings is 2. The summed E-state index contributed by atoms with van der Waals surface area (Å²) in [4.78, 5) is 15.6. The first kappa shape index (κ1) is 21.3. The fourth-order valence-electron chi connectivity index (χ4n) is 4.32. The molecule has 0 saturated carbocycles. The zero-order valence-corrected chi connectivity index (χ0v) is 17.7. The molecule has 1 heterocycles. The minimum atomic E-state index is -0.743. The zero-order chi connectivity index (χ0) is 20.8. The van der Waals surface area contributed by atoms with Gasteiger partial charge in [-0.05, 0) is 68.2 Å². The Labute approximate surface area is 173 Å². The second-order valence-corrected chi connectivity index (χ2v) is 7.81. The maximum absolute atomic E-state index is 11.1. The molecule has 0 unspecified atom stereocenters. The van der Waals surface area contributed by atoms with Gasteiger partial charge >= 0.3 is 5.97 Å². The van der Waals surface area contributed by atoms with Gasteiger partial charge in [0.1, 0.15) is 5.75 Å². The minimum absolute atomic E-state index is 0.132. The molecule has 5 heteroatoms.